The van der Waals surface area contributed by atoms with E-state index in [0.29, 0.717) is 46.7 Å². The van der Waals surface area contributed by atoms with E-state index in [-0.39, 0.29) is 24.1 Å². The van der Waals surface area contributed by atoms with Crippen molar-refractivity contribution in [3.05, 3.63) is 83.9 Å². The minimum atomic E-state index is -0.904. The van der Waals surface area contributed by atoms with Gasteiger partial charge in [0, 0.05) is 23.9 Å². The lowest BCUT2D eigenvalue weighted by molar-refractivity contribution is -0.128. The third-order valence-corrected chi connectivity index (χ3v) is 8.14. The number of fused-ring (bicyclic) bond motifs is 3. The number of rotatable bonds is 10. The van der Waals surface area contributed by atoms with Gasteiger partial charge in [0.15, 0.2) is 5.17 Å². The van der Waals surface area contributed by atoms with E-state index in [4.69, 9.17) is 14.5 Å². The molecule has 3 amide bonds. The van der Waals surface area contributed by atoms with Crippen molar-refractivity contribution in [2.45, 2.75) is 37.6 Å². The number of aliphatic imine (C=N–C) groups is 2. The SMILES string of the molecule is CC[C@@H](SC1=Nc2ccccc2C2=N[C@@H](CC(=O)NCc3ccc(OC)cc3)C(=O)N12)C(=O)Nc1cccc(OC)c1. The third kappa shape index (κ3) is 6.31. The molecule has 2 aliphatic rings. The van der Waals surface area contributed by atoms with Crippen LogP contribution in [0.4, 0.5) is 11.4 Å². The second kappa shape index (κ2) is 12.9. The number of carbonyl (C=O) groups excluding carboxylic acids is 3. The maximum Gasteiger partial charge on any atom is 0.259 e. The van der Waals surface area contributed by atoms with E-state index < -0.39 is 11.3 Å². The van der Waals surface area contributed by atoms with Crippen molar-refractivity contribution in [3.8, 4) is 11.5 Å². The Hall–Kier alpha value is -4.64. The van der Waals surface area contributed by atoms with Crippen LogP contribution in [-0.2, 0) is 20.9 Å². The summed E-state index contributed by atoms with van der Waals surface area (Å²) in [6.07, 6.45) is 0.384. The number of anilines is 1. The quantitative estimate of drug-likeness (QED) is 0.361. The van der Waals surface area contributed by atoms with Gasteiger partial charge in [-0.2, -0.15) is 0 Å². The van der Waals surface area contributed by atoms with Gasteiger partial charge in [-0.25, -0.2) is 9.89 Å². The van der Waals surface area contributed by atoms with Gasteiger partial charge in [-0.15, -0.1) is 0 Å². The van der Waals surface area contributed by atoms with Gasteiger partial charge in [0.2, 0.25) is 11.8 Å². The fraction of sp³-hybridized carbons (Fsp3) is 0.258. The number of benzene rings is 3. The van der Waals surface area contributed by atoms with Gasteiger partial charge in [-0.3, -0.25) is 19.4 Å². The lowest BCUT2D eigenvalue weighted by Gasteiger charge is -2.27. The van der Waals surface area contributed by atoms with Crippen molar-refractivity contribution in [3.63, 3.8) is 0 Å². The Labute approximate surface area is 248 Å². The number of nitrogens with zero attached hydrogens (tertiary/aromatic N) is 3. The zero-order valence-corrected chi connectivity index (χ0v) is 24.3. The van der Waals surface area contributed by atoms with Crippen LogP contribution in [0.2, 0.25) is 0 Å². The normalized spacial score (nSPS) is 16.0. The van der Waals surface area contributed by atoms with Crippen LogP contribution in [0, 0.1) is 0 Å². The maximum absolute atomic E-state index is 13.7. The molecule has 0 aromatic heterocycles. The summed E-state index contributed by atoms with van der Waals surface area (Å²) in [6, 6.07) is 21.0. The number of carbonyl (C=O) groups is 3. The summed E-state index contributed by atoms with van der Waals surface area (Å²) >= 11 is 1.20. The number of para-hydroxylation sites is 1. The molecule has 0 fully saturated rings. The van der Waals surface area contributed by atoms with Crippen molar-refractivity contribution in [1.82, 2.24) is 10.2 Å². The number of hydrogen-bond acceptors (Lipinski definition) is 8. The van der Waals surface area contributed by atoms with Gasteiger partial charge in [-0.1, -0.05) is 49.0 Å². The van der Waals surface area contributed by atoms with E-state index in [1.807, 2.05) is 55.5 Å². The number of amidine groups is 2. The van der Waals surface area contributed by atoms with E-state index in [0.717, 1.165) is 11.3 Å². The van der Waals surface area contributed by atoms with Gasteiger partial charge < -0.3 is 20.1 Å². The molecule has 0 bridgehead atoms. The number of thioether (sulfide) groups is 1. The number of amides is 3. The highest BCUT2D eigenvalue weighted by Gasteiger charge is 2.43. The van der Waals surface area contributed by atoms with Crippen LogP contribution in [0.3, 0.4) is 0 Å². The molecule has 3 aromatic carbocycles. The van der Waals surface area contributed by atoms with Crippen molar-refractivity contribution >= 4 is 51.9 Å². The predicted octanol–water partition coefficient (Wildman–Crippen LogP) is 4.52. The summed E-state index contributed by atoms with van der Waals surface area (Å²) in [7, 11) is 3.16. The summed E-state index contributed by atoms with van der Waals surface area (Å²) in [6.45, 7) is 2.22. The molecule has 0 unspecified atom stereocenters. The second-order valence-corrected chi connectivity index (χ2v) is 10.8. The largest absolute Gasteiger partial charge is 0.497 e. The highest BCUT2D eigenvalue weighted by molar-refractivity contribution is 8.15. The van der Waals surface area contributed by atoms with E-state index in [1.54, 1.807) is 38.5 Å². The molecule has 2 atom stereocenters. The predicted molar refractivity (Wildman–Crippen MR) is 163 cm³/mol. The molecule has 10 nitrogen and oxygen atoms in total. The molecule has 11 heteroatoms. The van der Waals surface area contributed by atoms with Crippen LogP contribution >= 0.6 is 11.8 Å². The van der Waals surface area contributed by atoms with E-state index >= 15 is 0 Å². The Bertz CT molecular complexity index is 1560. The number of methoxy groups -OCH3 is 2. The average Bonchev–Trinajstić information content (AvgIpc) is 3.34. The first-order valence-electron chi connectivity index (χ1n) is 13.5. The fourth-order valence-corrected chi connectivity index (χ4v) is 5.60. The minimum Gasteiger partial charge on any atom is -0.497 e. The summed E-state index contributed by atoms with van der Waals surface area (Å²) in [5, 5.41) is 5.61. The summed E-state index contributed by atoms with van der Waals surface area (Å²) in [5.74, 6) is 0.920. The summed E-state index contributed by atoms with van der Waals surface area (Å²) < 4.78 is 10.4. The maximum atomic E-state index is 13.7. The Morgan fingerprint density at radius 2 is 1.76 bits per heavy atom. The molecule has 0 aliphatic carbocycles. The number of ether oxygens (including phenoxy) is 2. The number of nitrogens with one attached hydrogen (secondary N) is 2. The van der Waals surface area contributed by atoms with Crippen LogP contribution in [0.25, 0.3) is 0 Å². The summed E-state index contributed by atoms with van der Waals surface area (Å²) in [5.41, 5.74) is 2.86. The molecule has 2 N–H and O–H groups in total. The van der Waals surface area contributed by atoms with E-state index in [9.17, 15) is 14.4 Å². The van der Waals surface area contributed by atoms with Crippen molar-refractivity contribution in [1.29, 1.82) is 0 Å². The van der Waals surface area contributed by atoms with Gasteiger partial charge in [0.1, 0.15) is 23.4 Å². The molecule has 0 saturated heterocycles. The molecule has 0 radical (unpaired) electrons. The van der Waals surface area contributed by atoms with Gasteiger partial charge in [0.25, 0.3) is 5.91 Å². The average molecular weight is 586 g/mol. The first-order valence-corrected chi connectivity index (χ1v) is 14.4. The lowest BCUT2D eigenvalue weighted by atomic mass is 10.1. The first-order chi connectivity index (χ1) is 20.4. The monoisotopic (exact) mass is 585 g/mol. The van der Waals surface area contributed by atoms with E-state index in [2.05, 4.69) is 15.6 Å². The molecular formula is C31H31N5O5S. The van der Waals surface area contributed by atoms with Crippen LogP contribution in [-0.4, -0.2) is 59.1 Å². The van der Waals surface area contributed by atoms with Crippen molar-refractivity contribution in [2.75, 3.05) is 19.5 Å². The third-order valence-electron chi connectivity index (χ3n) is 6.82. The van der Waals surface area contributed by atoms with Gasteiger partial charge >= 0.3 is 0 Å². The Balaban J connectivity index is 1.31. The molecule has 42 heavy (non-hydrogen) atoms. The second-order valence-electron chi connectivity index (χ2n) is 9.62. The van der Waals surface area contributed by atoms with Gasteiger partial charge in [-0.05, 0) is 48.4 Å². The minimum absolute atomic E-state index is 0.108. The Morgan fingerprint density at radius 3 is 2.50 bits per heavy atom. The smallest absolute Gasteiger partial charge is 0.259 e. The zero-order chi connectivity index (χ0) is 29.6. The Kier molecular flexibility index (Phi) is 8.87. The van der Waals surface area contributed by atoms with Gasteiger partial charge in [0.05, 0.1) is 31.6 Å². The molecule has 0 spiro atoms. The zero-order valence-electron chi connectivity index (χ0n) is 23.5. The van der Waals surface area contributed by atoms with Crippen LogP contribution in [0.15, 0.2) is 82.8 Å². The van der Waals surface area contributed by atoms with Crippen molar-refractivity contribution < 1.29 is 23.9 Å². The molecule has 2 aliphatic heterocycles. The molecular weight excluding hydrogens is 554 g/mol. The molecule has 2 heterocycles. The highest BCUT2D eigenvalue weighted by Crippen LogP contribution is 2.36. The lowest BCUT2D eigenvalue weighted by Crippen LogP contribution is -2.43. The summed E-state index contributed by atoms with van der Waals surface area (Å²) in [4.78, 5) is 50.6. The van der Waals surface area contributed by atoms with Crippen molar-refractivity contribution in [2.24, 2.45) is 9.98 Å². The highest BCUT2D eigenvalue weighted by atomic mass is 32.2. The first kappa shape index (κ1) is 28.9. The molecule has 0 saturated carbocycles. The Morgan fingerprint density at radius 1 is 1.00 bits per heavy atom. The van der Waals surface area contributed by atoms with Crippen LogP contribution in [0.5, 0.6) is 11.5 Å². The van der Waals surface area contributed by atoms with E-state index in [1.165, 1.54) is 16.7 Å². The molecule has 5 rings (SSSR count). The van der Waals surface area contributed by atoms with Crippen LogP contribution in [0.1, 0.15) is 30.9 Å². The fourth-order valence-electron chi connectivity index (χ4n) is 4.58. The molecule has 216 valence electrons. The molecule has 3 aromatic rings. The number of hydrogen-bond donors (Lipinski definition) is 2. The standard InChI is InChI=1S/C31H31N5O5S/c1-4-26(29(38)33-20-8-7-9-22(16-20)41-3)42-31-35-24-11-6-5-10-23(24)28-34-25(30(39)36(28)31)17-27(37)32-18-19-12-14-21(40-2)15-13-19/h5-16,25-26H,4,17-18H2,1-3H3,(H,32,37)(H,33,38)/t25-,26+/m0/s1. The van der Waals surface area contributed by atoms with Crippen LogP contribution < -0.4 is 20.1 Å². The topological polar surface area (TPSA) is 122 Å².